The van der Waals surface area contributed by atoms with Crippen LogP contribution in [0.15, 0.2) is 0 Å². The molecule has 2 aliphatic heterocycles. The van der Waals surface area contributed by atoms with Crippen molar-refractivity contribution < 1.29 is 27.2 Å². The number of hydrogen-bond donors (Lipinski definition) is 0. The van der Waals surface area contributed by atoms with Crippen LogP contribution in [-0.2, 0) is 15.5 Å². The van der Waals surface area contributed by atoms with Crippen LogP contribution in [0, 0.1) is 0 Å². The van der Waals surface area contributed by atoms with Gasteiger partial charge in [-0.15, -0.1) is 0 Å². The van der Waals surface area contributed by atoms with Crippen molar-refractivity contribution >= 4 is 12.6 Å². The standard InChI is InChI=1S/C17H27BF3N3O3/c1-15(2)16(3,4)27-18(26-15)12-13(17(19,20)21)22-24(14(12)25-6)11-7-9-23(5)10-8-11/h11H,7-10H2,1-6H3. The highest BCUT2D eigenvalue weighted by atomic mass is 19.4. The lowest BCUT2D eigenvalue weighted by molar-refractivity contribution is -0.140. The minimum absolute atomic E-state index is 0.0652. The molecule has 6 nitrogen and oxygen atoms in total. The summed E-state index contributed by atoms with van der Waals surface area (Å²) in [6.45, 7) is 8.78. The van der Waals surface area contributed by atoms with Gasteiger partial charge in [0.15, 0.2) is 5.69 Å². The van der Waals surface area contributed by atoms with Gasteiger partial charge in [0, 0.05) is 0 Å². The maximum absolute atomic E-state index is 13.8. The molecule has 2 fully saturated rings. The average molecular weight is 389 g/mol. The summed E-state index contributed by atoms with van der Waals surface area (Å²) in [7, 11) is 2.16. The Balaban J connectivity index is 2.07. The van der Waals surface area contributed by atoms with E-state index in [-0.39, 0.29) is 17.4 Å². The van der Waals surface area contributed by atoms with E-state index in [0.29, 0.717) is 12.8 Å². The second-order valence-electron chi connectivity index (χ2n) is 8.34. The Hall–Kier alpha value is -1.26. The lowest BCUT2D eigenvalue weighted by atomic mass is 9.78. The lowest BCUT2D eigenvalue weighted by Crippen LogP contribution is -2.41. The van der Waals surface area contributed by atoms with Crippen LogP contribution >= 0.6 is 0 Å². The van der Waals surface area contributed by atoms with Crippen molar-refractivity contribution in [3.05, 3.63) is 5.69 Å². The molecule has 1 aromatic rings. The molecule has 152 valence electrons. The fourth-order valence-corrected chi connectivity index (χ4v) is 3.50. The molecule has 0 N–H and O–H groups in total. The van der Waals surface area contributed by atoms with Crippen LogP contribution in [0.5, 0.6) is 5.88 Å². The normalized spacial score (nSPS) is 23.8. The number of likely N-dealkylation sites (tertiary alicyclic amines) is 1. The van der Waals surface area contributed by atoms with Gasteiger partial charge in [0.2, 0.25) is 5.88 Å². The summed E-state index contributed by atoms with van der Waals surface area (Å²) in [6, 6.07) is -0.159. The molecule has 2 saturated heterocycles. The molecule has 2 aliphatic rings. The van der Waals surface area contributed by atoms with Gasteiger partial charge in [0.1, 0.15) is 0 Å². The van der Waals surface area contributed by atoms with Crippen molar-refractivity contribution in [1.82, 2.24) is 14.7 Å². The first-order valence-corrected chi connectivity index (χ1v) is 9.15. The second-order valence-corrected chi connectivity index (χ2v) is 8.34. The number of methoxy groups -OCH3 is 1. The van der Waals surface area contributed by atoms with Gasteiger partial charge in [0.25, 0.3) is 0 Å². The molecular formula is C17H27BF3N3O3. The maximum atomic E-state index is 13.8. The third kappa shape index (κ3) is 3.59. The minimum atomic E-state index is -4.64. The molecule has 0 saturated carbocycles. The van der Waals surface area contributed by atoms with Crippen LogP contribution < -0.4 is 10.2 Å². The van der Waals surface area contributed by atoms with Crippen LogP contribution in [0.4, 0.5) is 13.2 Å². The molecule has 10 heteroatoms. The Morgan fingerprint density at radius 2 is 1.63 bits per heavy atom. The third-order valence-corrected chi connectivity index (χ3v) is 5.89. The minimum Gasteiger partial charge on any atom is -0.481 e. The molecule has 1 aromatic heterocycles. The molecule has 27 heavy (non-hydrogen) atoms. The summed E-state index contributed by atoms with van der Waals surface area (Å²) in [5.41, 5.74) is -2.71. The van der Waals surface area contributed by atoms with Gasteiger partial charge in [-0.1, -0.05) is 0 Å². The van der Waals surface area contributed by atoms with Crippen molar-refractivity contribution in [2.24, 2.45) is 0 Å². The van der Waals surface area contributed by atoms with Gasteiger partial charge >= 0.3 is 13.3 Å². The largest absolute Gasteiger partial charge is 0.502 e. The number of hydrogen-bond acceptors (Lipinski definition) is 5. The summed E-state index contributed by atoms with van der Waals surface area (Å²) in [6.07, 6.45) is -3.23. The summed E-state index contributed by atoms with van der Waals surface area (Å²) < 4.78 is 59.9. The van der Waals surface area contributed by atoms with Crippen LogP contribution in [-0.4, -0.2) is 60.2 Å². The average Bonchev–Trinajstić information content (AvgIpc) is 3.02. The third-order valence-electron chi connectivity index (χ3n) is 5.89. The Morgan fingerprint density at radius 1 is 1.11 bits per heavy atom. The van der Waals surface area contributed by atoms with Crippen molar-refractivity contribution in [1.29, 1.82) is 0 Å². The number of halogens is 3. The maximum Gasteiger partial charge on any atom is 0.502 e. The molecule has 0 spiro atoms. The van der Waals surface area contributed by atoms with Gasteiger partial charge in [-0.05, 0) is 60.7 Å². The SMILES string of the molecule is COc1c(B2OC(C)(C)C(C)(C)O2)c(C(F)(F)F)nn1C1CCN(C)CC1. The Morgan fingerprint density at radius 3 is 2.07 bits per heavy atom. The lowest BCUT2D eigenvalue weighted by Gasteiger charge is -2.32. The molecule has 0 unspecified atom stereocenters. The Bertz CT molecular complexity index is 682. The molecule has 0 radical (unpaired) electrons. The molecule has 0 atom stereocenters. The fraction of sp³-hybridized carbons (Fsp3) is 0.824. The Kier molecular flexibility index (Phi) is 5.06. The number of rotatable bonds is 3. The molecule has 0 aromatic carbocycles. The molecule has 3 rings (SSSR count). The zero-order chi connectivity index (χ0) is 20.2. The smallest absolute Gasteiger partial charge is 0.481 e. The monoisotopic (exact) mass is 389 g/mol. The van der Waals surface area contributed by atoms with Crippen LogP contribution in [0.2, 0.25) is 0 Å². The van der Waals surface area contributed by atoms with E-state index in [4.69, 9.17) is 14.0 Å². The predicted octanol–water partition coefficient (Wildman–Crippen LogP) is 2.48. The number of alkyl halides is 3. The van der Waals surface area contributed by atoms with Crippen LogP contribution in [0.1, 0.15) is 52.3 Å². The van der Waals surface area contributed by atoms with E-state index in [1.54, 1.807) is 27.7 Å². The number of nitrogens with zero attached hydrogens (tertiary/aromatic N) is 3. The van der Waals surface area contributed by atoms with Crippen molar-refractivity contribution in [2.45, 2.75) is 64.0 Å². The second kappa shape index (κ2) is 6.67. The van der Waals surface area contributed by atoms with Crippen LogP contribution in [0.3, 0.4) is 0 Å². The highest BCUT2D eigenvalue weighted by Crippen LogP contribution is 2.40. The molecule has 3 heterocycles. The van der Waals surface area contributed by atoms with E-state index in [0.717, 1.165) is 13.1 Å². The first kappa shape index (κ1) is 20.5. The van der Waals surface area contributed by atoms with Crippen molar-refractivity contribution in [2.75, 3.05) is 27.2 Å². The van der Waals surface area contributed by atoms with Crippen LogP contribution in [0.25, 0.3) is 0 Å². The summed E-state index contributed by atoms with van der Waals surface area (Å²) in [5.74, 6) is 0.0652. The van der Waals surface area contributed by atoms with Gasteiger partial charge in [-0.3, -0.25) is 0 Å². The van der Waals surface area contributed by atoms with E-state index in [9.17, 15) is 13.2 Å². The quantitative estimate of drug-likeness (QED) is 0.744. The number of aromatic nitrogens is 2. The fourth-order valence-electron chi connectivity index (χ4n) is 3.50. The highest BCUT2D eigenvalue weighted by Gasteiger charge is 2.56. The topological polar surface area (TPSA) is 48.8 Å². The summed E-state index contributed by atoms with van der Waals surface area (Å²) in [5, 5.41) is 3.93. The molecule has 0 amide bonds. The summed E-state index contributed by atoms with van der Waals surface area (Å²) >= 11 is 0. The highest BCUT2D eigenvalue weighted by molar-refractivity contribution is 6.63. The number of piperidine rings is 1. The van der Waals surface area contributed by atoms with Gasteiger partial charge in [-0.25, -0.2) is 4.68 Å². The van der Waals surface area contributed by atoms with E-state index in [2.05, 4.69) is 10.00 Å². The van der Waals surface area contributed by atoms with Gasteiger partial charge in [0.05, 0.1) is 29.8 Å². The zero-order valence-corrected chi connectivity index (χ0v) is 16.7. The number of ether oxygens (including phenoxy) is 1. The van der Waals surface area contributed by atoms with E-state index >= 15 is 0 Å². The summed E-state index contributed by atoms with van der Waals surface area (Å²) in [4.78, 5) is 2.15. The van der Waals surface area contributed by atoms with E-state index in [1.165, 1.54) is 11.8 Å². The van der Waals surface area contributed by atoms with Crippen molar-refractivity contribution in [3.63, 3.8) is 0 Å². The molecule has 0 aliphatic carbocycles. The first-order chi connectivity index (χ1) is 12.4. The van der Waals surface area contributed by atoms with Gasteiger partial charge in [-0.2, -0.15) is 18.3 Å². The first-order valence-electron chi connectivity index (χ1n) is 9.15. The Labute approximate surface area is 158 Å². The molecule has 0 bridgehead atoms. The predicted molar refractivity (Wildman–Crippen MR) is 95.3 cm³/mol. The van der Waals surface area contributed by atoms with Gasteiger partial charge < -0.3 is 18.9 Å². The van der Waals surface area contributed by atoms with Crippen molar-refractivity contribution in [3.8, 4) is 5.88 Å². The molecular weight excluding hydrogens is 362 g/mol. The van der Waals surface area contributed by atoms with E-state index < -0.39 is 30.2 Å². The van der Waals surface area contributed by atoms with E-state index in [1.807, 2.05) is 7.05 Å². The zero-order valence-electron chi connectivity index (χ0n) is 16.7.